The normalized spacial score (nSPS) is 31.9. The van der Waals surface area contributed by atoms with Gasteiger partial charge >= 0.3 is 5.97 Å². The Morgan fingerprint density at radius 1 is 1.08 bits per heavy atom. The summed E-state index contributed by atoms with van der Waals surface area (Å²) in [4.78, 5) is 44.8. The molecule has 4 aliphatic rings. The van der Waals surface area contributed by atoms with Crippen LogP contribution in [0, 0.1) is 11.8 Å². The van der Waals surface area contributed by atoms with Crippen LogP contribution in [-0.4, -0.2) is 71.3 Å². The van der Waals surface area contributed by atoms with Gasteiger partial charge < -0.3 is 24.4 Å². The third kappa shape index (κ3) is 3.54. The van der Waals surface area contributed by atoms with E-state index in [9.17, 15) is 19.5 Å². The molecule has 8 heteroatoms. The molecule has 1 spiro atoms. The number of benzene rings is 2. The summed E-state index contributed by atoms with van der Waals surface area (Å²) in [5.74, 6) is -2.93. The van der Waals surface area contributed by atoms with E-state index in [-0.39, 0.29) is 25.0 Å². The summed E-state index contributed by atoms with van der Waals surface area (Å²) in [7, 11) is 0. The number of carbonyl (C=O) groups excluding carboxylic acids is 3. The van der Waals surface area contributed by atoms with E-state index >= 15 is 0 Å². The molecule has 2 amide bonds. The quantitative estimate of drug-likeness (QED) is 0.510. The Kier molecular flexibility index (Phi) is 5.88. The van der Waals surface area contributed by atoms with Crippen LogP contribution in [0.25, 0.3) is 10.8 Å². The summed E-state index contributed by atoms with van der Waals surface area (Å²) in [5.41, 5.74) is -0.632. The zero-order chi connectivity index (χ0) is 25.7. The topological polar surface area (TPSA) is 96.4 Å². The van der Waals surface area contributed by atoms with Gasteiger partial charge in [0, 0.05) is 12.2 Å². The zero-order valence-corrected chi connectivity index (χ0v) is 20.7. The van der Waals surface area contributed by atoms with Crippen LogP contribution < -0.4 is 4.90 Å². The molecule has 2 aromatic rings. The van der Waals surface area contributed by atoms with Crippen molar-refractivity contribution in [3.8, 4) is 0 Å². The first-order chi connectivity index (χ1) is 18.0. The van der Waals surface area contributed by atoms with Gasteiger partial charge in [-0.05, 0) is 35.7 Å². The van der Waals surface area contributed by atoms with Gasteiger partial charge in [-0.25, -0.2) is 0 Å². The molecule has 0 radical (unpaired) electrons. The van der Waals surface area contributed by atoms with E-state index in [1.807, 2.05) is 67.6 Å². The standard InChI is InChI=1S/C29H30N2O6/c1-2-20(17-32)31-25-27(34)30(21-12-11-18-8-3-4-9-19(18)16-21)14-7-13-29(25)24(26(31)33)23-22(37-29)10-5-6-15-36-28(23)35/h3-5,7-13,16,20,22-25,32H,2,6,14-15,17H2,1H3/t20-,22+,23-,24-,25?,29-/m0/s1. The van der Waals surface area contributed by atoms with Gasteiger partial charge in [-0.1, -0.05) is 61.6 Å². The summed E-state index contributed by atoms with van der Waals surface area (Å²) < 4.78 is 12.0. The summed E-state index contributed by atoms with van der Waals surface area (Å²) in [6, 6.07) is 12.1. The van der Waals surface area contributed by atoms with Crippen molar-refractivity contribution < 1.29 is 29.0 Å². The fourth-order valence-corrected chi connectivity index (χ4v) is 6.43. The third-order valence-corrected chi connectivity index (χ3v) is 8.18. The fourth-order valence-electron chi connectivity index (χ4n) is 6.43. The molecule has 37 heavy (non-hydrogen) atoms. The van der Waals surface area contributed by atoms with Crippen LogP contribution in [0.1, 0.15) is 19.8 Å². The molecule has 4 heterocycles. The number of nitrogens with zero attached hydrogens (tertiary/aromatic N) is 2. The van der Waals surface area contributed by atoms with Gasteiger partial charge in [0.15, 0.2) is 0 Å². The highest BCUT2D eigenvalue weighted by Gasteiger charge is 2.72. The number of ether oxygens (including phenoxy) is 2. The molecule has 4 aliphatic heterocycles. The van der Waals surface area contributed by atoms with Crippen molar-refractivity contribution in [1.82, 2.24) is 4.90 Å². The highest BCUT2D eigenvalue weighted by atomic mass is 16.6. The number of carbonyl (C=O) groups is 3. The highest BCUT2D eigenvalue weighted by molar-refractivity contribution is 6.06. The Labute approximate surface area is 215 Å². The van der Waals surface area contributed by atoms with Crippen LogP contribution in [0.4, 0.5) is 5.69 Å². The molecule has 0 aromatic heterocycles. The number of anilines is 1. The average Bonchev–Trinajstić information content (AvgIpc) is 3.28. The first-order valence-corrected chi connectivity index (χ1v) is 12.9. The molecule has 1 unspecified atom stereocenters. The lowest BCUT2D eigenvalue weighted by molar-refractivity contribution is -0.155. The minimum absolute atomic E-state index is 0.234. The molecule has 6 rings (SSSR count). The maximum Gasteiger partial charge on any atom is 0.312 e. The van der Waals surface area contributed by atoms with Crippen LogP contribution in [0.15, 0.2) is 66.8 Å². The van der Waals surface area contributed by atoms with E-state index in [1.165, 1.54) is 4.90 Å². The second-order valence-corrected chi connectivity index (χ2v) is 10.1. The van der Waals surface area contributed by atoms with Gasteiger partial charge in [0.1, 0.15) is 17.6 Å². The molecule has 0 bridgehead atoms. The van der Waals surface area contributed by atoms with Crippen molar-refractivity contribution in [3.05, 3.63) is 66.8 Å². The number of hydrogen-bond donors (Lipinski definition) is 1. The minimum Gasteiger partial charge on any atom is -0.465 e. The molecule has 2 fully saturated rings. The van der Waals surface area contributed by atoms with Crippen molar-refractivity contribution in [2.45, 2.75) is 43.6 Å². The molecule has 0 aliphatic carbocycles. The number of amides is 2. The Morgan fingerprint density at radius 2 is 1.89 bits per heavy atom. The van der Waals surface area contributed by atoms with Crippen molar-refractivity contribution in [2.24, 2.45) is 11.8 Å². The summed E-state index contributed by atoms with van der Waals surface area (Å²) >= 11 is 0. The molecule has 2 aromatic carbocycles. The predicted octanol–water partition coefficient (Wildman–Crippen LogP) is 2.60. The molecular weight excluding hydrogens is 472 g/mol. The maximum absolute atomic E-state index is 14.4. The van der Waals surface area contributed by atoms with E-state index < -0.39 is 41.6 Å². The molecule has 2 saturated heterocycles. The SMILES string of the molecule is CC[C@@H](CO)N1C(=O)[C@@H]2[C@H]3C(=O)OCCC=C[C@H]3O[C@@]23C=CCN(c2ccc4ccccc4c2)C(=O)C13. The Morgan fingerprint density at radius 3 is 2.68 bits per heavy atom. The largest absolute Gasteiger partial charge is 0.465 e. The first kappa shape index (κ1) is 23.9. The van der Waals surface area contributed by atoms with Gasteiger partial charge in [-0.2, -0.15) is 0 Å². The maximum atomic E-state index is 14.4. The van der Waals surface area contributed by atoms with Crippen molar-refractivity contribution >= 4 is 34.2 Å². The number of hydrogen-bond acceptors (Lipinski definition) is 6. The van der Waals surface area contributed by atoms with Gasteiger partial charge in [0.05, 0.1) is 31.3 Å². The molecule has 0 saturated carbocycles. The number of likely N-dealkylation sites (tertiary alicyclic amines) is 1. The lowest BCUT2D eigenvalue weighted by Crippen LogP contribution is -2.58. The number of aliphatic hydroxyl groups is 1. The Bertz CT molecular complexity index is 1320. The first-order valence-electron chi connectivity index (χ1n) is 12.9. The van der Waals surface area contributed by atoms with E-state index in [2.05, 4.69) is 0 Å². The average molecular weight is 503 g/mol. The second kappa shape index (κ2) is 9.11. The van der Waals surface area contributed by atoms with Crippen molar-refractivity contribution in [2.75, 3.05) is 24.7 Å². The zero-order valence-electron chi connectivity index (χ0n) is 20.7. The van der Waals surface area contributed by atoms with Crippen LogP contribution in [0.5, 0.6) is 0 Å². The number of esters is 1. The van der Waals surface area contributed by atoms with Gasteiger partial charge in [-0.3, -0.25) is 14.4 Å². The summed E-state index contributed by atoms with van der Waals surface area (Å²) in [6.45, 7) is 2.09. The van der Waals surface area contributed by atoms with Crippen LogP contribution in [-0.2, 0) is 23.9 Å². The van der Waals surface area contributed by atoms with Gasteiger partial charge in [0.2, 0.25) is 5.91 Å². The molecule has 8 nitrogen and oxygen atoms in total. The number of aliphatic hydroxyl groups excluding tert-OH is 1. The summed E-state index contributed by atoms with van der Waals surface area (Å²) in [6.07, 6.45) is 7.70. The number of cyclic esters (lactones) is 1. The van der Waals surface area contributed by atoms with Crippen molar-refractivity contribution in [1.29, 1.82) is 0 Å². The molecule has 1 N–H and O–H groups in total. The van der Waals surface area contributed by atoms with Crippen LogP contribution >= 0.6 is 0 Å². The number of rotatable bonds is 4. The highest BCUT2D eigenvalue weighted by Crippen LogP contribution is 2.54. The Hall–Kier alpha value is -3.49. The van der Waals surface area contributed by atoms with E-state index in [1.54, 1.807) is 11.0 Å². The third-order valence-electron chi connectivity index (χ3n) is 8.18. The summed E-state index contributed by atoms with van der Waals surface area (Å²) in [5, 5.41) is 12.3. The second-order valence-electron chi connectivity index (χ2n) is 10.1. The minimum atomic E-state index is -1.34. The lowest BCUT2D eigenvalue weighted by atomic mass is 9.77. The monoisotopic (exact) mass is 502 g/mol. The molecule has 192 valence electrons. The smallest absolute Gasteiger partial charge is 0.312 e. The van der Waals surface area contributed by atoms with Gasteiger partial charge in [0.25, 0.3) is 5.91 Å². The lowest BCUT2D eigenvalue weighted by Gasteiger charge is -2.38. The van der Waals surface area contributed by atoms with Crippen LogP contribution in [0.2, 0.25) is 0 Å². The Balaban J connectivity index is 1.48. The fraction of sp³-hybridized carbons (Fsp3) is 0.414. The van der Waals surface area contributed by atoms with Gasteiger partial charge in [-0.15, -0.1) is 0 Å². The van der Waals surface area contributed by atoms with Crippen LogP contribution in [0.3, 0.4) is 0 Å². The van der Waals surface area contributed by atoms with Crippen molar-refractivity contribution in [3.63, 3.8) is 0 Å². The van der Waals surface area contributed by atoms with E-state index in [0.717, 1.165) is 10.8 Å². The van der Waals surface area contributed by atoms with E-state index in [4.69, 9.17) is 9.47 Å². The number of fused-ring (bicyclic) bond motifs is 3. The van der Waals surface area contributed by atoms with E-state index in [0.29, 0.717) is 25.1 Å². The molecule has 6 atom stereocenters. The predicted molar refractivity (Wildman–Crippen MR) is 137 cm³/mol. The molecular formula is C29H30N2O6.